The second-order valence-electron chi connectivity index (χ2n) is 7.84. The molecule has 0 aromatic heterocycles. The first kappa shape index (κ1) is 19.4. The molecule has 0 bridgehead atoms. The van der Waals surface area contributed by atoms with E-state index >= 15 is 0 Å². The summed E-state index contributed by atoms with van der Waals surface area (Å²) in [6.45, 7) is 4.92. The molecule has 3 aliphatic rings. The zero-order chi connectivity index (χ0) is 18.9. The number of piperidine rings is 1. The van der Waals surface area contributed by atoms with Crippen LogP contribution in [0.25, 0.3) is 0 Å². The maximum absolute atomic E-state index is 12.4. The molecule has 2 aliphatic heterocycles. The summed E-state index contributed by atoms with van der Waals surface area (Å²) < 4.78 is 25.9. The zero-order valence-electron chi connectivity index (χ0n) is 15.6. The molecule has 2 heterocycles. The van der Waals surface area contributed by atoms with Crippen LogP contribution in [0.1, 0.15) is 52.4 Å². The minimum absolute atomic E-state index is 0.0303. The van der Waals surface area contributed by atoms with Crippen LogP contribution >= 0.6 is 0 Å². The van der Waals surface area contributed by atoms with Gasteiger partial charge in [0.1, 0.15) is 6.04 Å². The number of urea groups is 1. The smallest absolute Gasteiger partial charge is 0.315 e. The van der Waals surface area contributed by atoms with Crippen molar-refractivity contribution in [2.75, 3.05) is 19.6 Å². The van der Waals surface area contributed by atoms with Crippen LogP contribution in [0.5, 0.6) is 0 Å². The van der Waals surface area contributed by atoms with E-state index in [0.717, 1.165) is 19.4 Å². The second-order valence-corrected chi connectivity index (χ2v) is 10.3. The lowest BCUT2D eigenvalue weighted by atomic mass is 9.92. The molecule has 1 aliphatic carbocycles. The van der Waals surface area contributed by atoms with E-state index in [1.54, 1.807) is 13.8 Å². The lowest BCUT2D eigenvalue weighted by Crippen LogP contribution is -2.53. The number of hydrogen-bond acceptors (Lipinski definition) is 4. The molecule has 0 spiro atoms. The Kier molecular flexibility index (Phi) is 5.76. The van der Waals surface area contributed by atoms with Crippen LogP contribution in [0.4, 0.5) is 4.79 Å². The largest absolute Gasteiger partial charge is 0.338 e. The fourth-order valence-corrected chi connectivity index (χ4v) is 5.15. The maximum atomic E-state index is 12.4. The van der Waals surface area contributed by atoms with E-state index in [1.165, 1.54) is 10.7 Å². The van der Waals surface area contributed by atoms with Gasteiger partial charge in [0, 0.05) is 31.7 Å². The molecular weight excluding hydrogens is 356 g/mol. The molecule has 0 radical (unpaired) electrons. The summed E-state index contributed by atoms with van der Waals surface area (Å²) in [6, 6.07) is -0.460. The van der Waals surface area contributed by atoms with Crippen molar-refractivity contribution in [3.63, 3.8) is 0 Å². The number of carbonyl (C=O) groups excluding carboxylic acids is 2. The number of nitrogens with one attached hydrogen (secondary N) is 2. The van der Waals surface area contributed by atoms with E-state index in [4.69, 9.17) is 0 Å². The number of likely N-dealkylation sites (tertiary alicyclic amines) is 1. The summed E-state index contributed by atoms with van der Waals surface area (Å²) in [5, 5.41) is 5.26. The third kappa shape index (κ3) is 3.98. The van der Waals surface area contributed by atoms with Crippen LogP contribution in [0, 0.1) is 0 Å². The number of rotatable bonds is 5. The van der Waals surface area contributed by atoms with E-state index in [0.29, 0.717) is 38.4 Å². The average molecular weight is 387 g/mol. The first-order valence-corrected chi connectivity index (χ1v) is 11.2. The maximum Gasteiger partial charge on any atom is 0.315 e. The van der Waals surface area contributed by atoms with Gasteiger partial charge in [-0.1, -0.05) is 0 Å². The molecule has 1 unspecified atom stereocenters. The lowest BCUT2D eigenvalue weighted by Gasteiger charge is -2.35. The molecule has 2 N–H and O–H groups in total. The molecule has 26 heavy (non-hydrogen) atoms. The first-order valence-electron chi connectivity index (χ1n) is 9.65. The summed E-state index contributed by atoms with van der Waals surface area (Å²) in [6.07, 6.45) is 5.16. The van der Waals surface area contributed by atoms with E-state index in [9.17, 15) is 18.0 Å². The molecule has 1 saturated carbocycles. The predicted octanol–water partition coefficient (Wildman–Crippen LogP) is 0.642. The monoisotopic (exact) mass is 386 g/mol. The number of hydrogen-bond donors (Lipinski definition) is 2. The Morgan fingerprint density at radius 1 is 1.04 bits per heavy atom. The van der Waals surface area contributed by atoms with Crippen molar-refractivity contribution >= 4 is 22.0 Å². The highest BCUT2D eigenvalue weighted by Crippen LogP contribution is 2.28. The summed E-state index contributed by atoms with van der Waals surface area (Å²) in [7, 11) is -3.23. The van der Waals surface area contributed by atoms with Crippen molar-refractivity contribution in [3.05, 3.63) is 0 Å². The van der Waals surface area contributed by atoms with E-state index in [1.807, 2.05) is 4.90 Å². The average Bonchev–Trinajstić information content (AvgIpc) is 2.87. The van der Waals surface area contributed by atoms with Crippen LogP contribution in [0.15, 0.2) is 0 Å². The van der Waals surface area contributed by atoms with E-state index in [2.05, 4.69) is 10.6 Å². The molecule has 0 aromatic rings. The van der Waals surface area contributed by atoms with E-state index in [-0.39, 0.29) is 18.0 Å². The van der Waals surface area contributed by atoms with Crippen molar-refractivity contribution < 1.29 is 18.0 Å². The standard InChI is InChI=1S/C17H30N4O4S/c1-12(2)26(24,25)20-9-6-13(7-10-20)18-17(23)19-15-8-11-21(16(15)22)14-4-3-5-14/h12-15H,3-11H2,1-2H3,(H2,18,19,23). The van der Waals surface area contributed by atoms with Crippen LogP contribution in [0.2, 0.25) is 0 Å². The first-order chi connectivity index (χ1) is 12.3. The number of sulfonamides is 1. The van der Waals surface area contributed by atoms with Gasteiger partial charge in [0.2, 0.25) is 15.9 Å². The molecule has 3 rings (SSSR count). The van der Waals surface area contributed by atoms with Gasteiger partial charge in [-0.2, -0.15) is 0 Å². The Morgan fingerprint density at radius 3 is 2.23 bits per heavy atom. The molecule has 148 valence electrons. The topological polar surface area (TPSA) is 98.8 Å². The summed E-state index contributed by atoms with van der Waals surface area (Å²) in [4.78, 5) is 26.5. The summed E-state index contributed by atoms with van der Waals surface area (Å²) in [5.41, 5.74) is 0. The number of carbonyl (C=O) groups is 2. The normalized spacial score (nSPS) is 26.2. The van der Waals surface area contributed by atoms with Gasteiger partial charge < -0.3 is 15.5 Å². The summed E-state index contributed by atoms with van der Waals surface area (Å²) in [5.74, 6) is 0.0303. The van der Waals surface area contributed by atoms with Crippen LogP contribution in [-0.4, -0.2) is 72.6 Å². The number of nitrogens with zero attached hydrogens (tertiary/aromatic N) is 2. The molecular formula is C17H30N4O4S. The fourth-order valence-electron chi connectivity index (χ4n) is 3.83. The summed E-state index contributed by atoms with van der Waals surface area (Å²) >= 11 is 0. The molecule has 1 atom stereocenters. The van der Waals surface area contributed by atoms with Gasteiger partial charge in [-0.05, 0) is 52.4 Å². The van der Waals surface area contributed by atoms with Crippen molar-refractivity contribution in [2.24, 2.45) is 0 Å². The molecule has 9 heteroatoms. The highest BCUT2D eigenvalue weighted by atomic mass is 32.2. The third-order valence-corrected chi connectivity index (χ3v) is 8.08. The Balaban J connectivity index is 1.43. The quantitative estimate of drug-likeness (QED) is 0.724. The highest BCUT2D eigenvalue weighted by molar-refractivity contribution is 7.89. The van der Waals surface area contributed by atoms with Gasteiger partial charge >= 0.3 is 6.03 Å². The van der Waals surface area contributed by atoms with Gasteiger partial charge in [0.05, 0.1) is 5.25 Å². The van der Waals surface area contributed by atoms with Crippen LogP contribution in [0.3, 0.4) is 0 Å². The van der Waals surface area contributed by atoms with Gasteiger partial charge in [-0.3, -0.25) is 4.79 Å². The number of amides is 3. The van der Waals surface area contributed by atoms with Gasteiger partial charge in [0.25, 0.3) is 0 Å². The van der Waals surface area contributed by atoms with Gasteiger partial charge in [0.15, 0.2) is 0 Å². The van der Waals surface area contributed by atoms with Crippen molar-refractivity contribution in [3.8, 4) is 0 Å². The molecule has 3 amide bonds. The van der Waals surface area contributed by atoms with Crippen molar-refractivity contribution in [1.29, 1.82) is 0 Å². The minimum Gasteiger partial charge on any atom is -0.338 e. The molecule has 2 saturated heterocycles. The molecule has 3 fully saturated rings. The third-order valence-electron chi connectivity index (χ3n) is 5.81. The van der Waals surface area contributed by atoms with Crippen molar-refractivity contribution in [2.45, 2.75) is 75.7 Å². The fraction of sp³-hybridized carbons (Fsp3) is 0.882. The van der Waals surface area contributed by atoms with Gasteiger partial charge in [-0.25, -0.2) is 17.5 Å². The molecule has 8 nitrogen and oxygen atoms in total. The molecule has 0 aromatic carbocycles. The van der Waals surface area contributed by atoms with Crippen molar-refractivity contribution in [1.82, 2.24) is 19.8 Å². The Hall–Kier alpha value is -1.35. The highest BCUT2D eigenvalue weighted by Gasteiger charge is 2.39. The van der Waals surface area contributed by atoms with Crippen LogP contribution in [-0.2, 0) is 14.8 Å². The van der Waals surface area contributed by atoms with E-state index < -0.39 is 21.3 Å². The minimum atomic E-state index is -3.23. The lowest BCUT2D eigenvalue weighted by molar-refractivity contribution is -0.132. The zero-order valence-corrected chi connectivity index (χ0v) is 16.4. The predicted molar refractivity (Wildman–Crippen MR) is 98.1 cm³/mol. The Bertz CT molecular complexity index is 639. The Labute approximate surface area is 155 Å². The van der Waals surface area contributed by atoms with Crippen LogP contribution < -0.4 is 10.6 Å². The van der Waals surface area contributed by atoms with Gasteiger partial charge in [-0.15, -0.1) is 0 Å². The Morgan fingerprint density at radius 2 is 1.69 bits per heavy atom. The second kappa shape index (κ2) is 7.72. The SMILES string of the molecule is CC(C)S(=O)(=O)N1CCC(NC(=O)NC2CCN(C3CCC3)C2=O)CC1.